The zero-order valence-corrected chi connectivity index (χ0v) is 18.1. The van der Waals surface area contributed by atoms with E-state index in [-0.39, 0.29) is 28.7 Å². The highest BCUT2D eigenvalue weighted by Gasteiger charge is 2.38. The van der Waals surface area contributed by atoms with Crippen molar-refractivity contribution in [2.45, 2.75) is 31.7 Å². The van der Waals surface area contributed by atoms with E-state index < -0.39 is 10.0 Å². The molecular weight excluding hydrogens is 404 g/mol. The molecule has 1 saturated heterocycles. The average Bonchev–Trinajstić information content (AvgIpc) is 2.70. The fraction of sp³-hybridized carbons (Fsp3) is 0.381. The van der Waals surface area contributed by atoms with Gasteiger partial charge in [0.25, 0.3) is 0 Å². The van der Waals surface area contributed by atoms with Gasteiger partial charge in [-0.1, -0.05) is 20.4 Å². The minimum atomic E-state index is -3.66. The molecule has 9 heteroatoms. The second kappa shape index (κ2) is 8.93. The second-order valence-corrected chi connectivity index (χ2v) is 9.53. The molecule has 1 aliphatic rings. The molecule has 1 aliphatic heterocycles. The Morgan fingerprint density at radius 1 is 1.20 bits per heavy atom. The van der Waals surface area contributed by atoms with Crippen LogP contribution < -0.4 is 10.1 Å². The van der Waals surface area contributed by atoms with E-state index >= 15 is 0 Å². The highest BCUT2D eigenvalue weighted by Crippen LogP contribution is 2.29. The Bertz CT molecular complexity index is 1010. The van der Waals surface area contributed by atoms with Gasteiger partial charge in [-0.05, 0) is 49.1 Å². The van der Waals surface area contributed by atoms with Crippen LogP contribution in [0.2, 0.25) is 0 Å². The Kier molecular flexibility index (Phi) is 6.52. The largest absolute Gasteiger partial charge is 0.437 e. The van der Waals surface area contributed by atoms with Crippen LogP contribution in [0.4, 0.5) is 0 Å². The molecule has 2 aromatic rings. The van der Waals surface area contributed by atoms with Crippen LogP contribution in [0.15, 0.2) is 54.2 Å². The molecule has 0 radical (unpaired) electrons. The van der Waals surface area contributed by atoms with Gasteiger partial charge < -0.3 is 10.1 Å². The summed E-state index contributed by atoms with van der Waals surface area (Å²) < 4.78 is 33.4. The summed E-state index contributed by atoms with van der Waals surface area (Å²) in [7, 11) is -3.66. The van der Waals surface area contributed by atoms with Gasteiger partial charge in [0.05, 0.1) is 16.8 Å². The molecule has 1 aromatic carbocycles. The van der Waals surface area contributed by atoms with Crippen LogP contribution >= 0.6 is 0 Å². The summed E-state index contributed by atoms with van der Waals surface area (Å²) in [4.78, 5) is 20.1. The number of benzene rings is 1. The molecule has 1 N–H and O–H groups in total. The van der Waals surface area contributed by atoms with Gasteiger partial charge in [-0.2, -0.15) is 4.31 Å². The minimum Gasteiger partial charge on any atom is -0.437 e. The fourth-order valence-electron chi connectivity index (χ4n) is 3.65. The molecule has 30 heavy (non-hydrogen) atoms. The summed E-state index contributed by atoms with van der Waals surface area (Å²) in [5.41, 5.74) is 0.725. The maximum atomic E-state index is 13.1. The topological polar surface area (TPSA) is 101 Å². The number of nitrogens with one attached hydrogen (secondary N) is 1. The number of rotatable bonds is 6. The van der Waals surface area contributed by atoms with Crippen LogP contribution in [-0.2, 0) is 14.8 Å². The SMILES string of the molecule is C=CC(=O)NC1C(C)CN(S(=O)(=O)c2ccc(Oc3cncc(C)n3)cc2)CC1C. The number of carbonyl (C=O) groups is 1. The fourth-order valence-corrected chi connectivity index (χ4v) is 5.29. The van der Waals surface area contributed by atoms with E-state index in [1.54, 1.807) is 18.3 Å². The standard InChI is InChI=1S/C21H26N4O4S/c1-5-19(26)24-21-14(2)12-25(13-15(21)3)30(27,28)18-8-6-17(7-9-18)29-20-11-22-10-16(4)23-20/h5-11,14-15,21H,1,12-13H2,2-4H3,(H,24,26). The van der Waals surface area contributed by atoms with Crippen LogP contribution in [0.25, 0.3) is 0 Å². The van der Waals surface area contributed by atoms with E-state index in [0.29, 0.717) is 24.7 Å². The maximum Gasteiger partial charge on any atom is 0.243 e. The molecule has 1 aromatic heterocycles. The van der Waals surface area contributed by atoms with Gasteiger partial charge in [0, 0.05) is 25.3 Å². The van der Waals surface area contributed by atoms with Crippen molar-refractivity contribution in [3.63, 3.8) is 0 Å². The quantitative estimate of drug-likeness (QED) is 0.707. The first-order valence-electron chi connectivity index (χ1n) is 9.70. The summed E-state index contributed by atoms with van der Waals surface area (Å²) >= 11 is 0. The molecule has 8 nitrogen and oxygen atoms in total. The van der Waals surface area contributed by atoms with Crippen LogP contribution in [0.5, 0.6) is 11.6 Å². The zero-order valence-electron chi connectivity index (χ0n) is 17.3. The first kappa shape index (κ1) is 21.9. The van der Waals surface area contributed by atoms with Crippen LogP contribution in [0.3, 0.4) is 0 Å². The van der Waals surface area contributed by atoms with Gasteiger partial charge in [-0.25, -0.2) is 13.4 Å². The zero-order chi connectivity index (χ0) is 21.9. The molecule has 2 unspecified atom stereocenters. The molecule has 3 rings (SSSR count). The summed E-state index contributed by atoms with van der Waals surface area (Å²) in [6.45, 7) is 9.80. The third kappa shape index (κ3) is 4.85. The van der Waals surface area contributed by atoms with E-state index in [2.05, 4.69) is 21.9 Å². The van der Waals surface area contributed by atoms with Gasteiger partial charge in [0.2, 0.25) is 21.8 Å². The number of aromatic nitrogens is 2. The third-order valence-corrected chi connectivity index (χ3v) is 6.97. The molecule has 2 atom stereocenters. The summed E-state index contributed by atoms with van der Waals surface area (Å²) in [5, 5.41) is 2.91. The van der Waals surface area contributed by atoms with E-state index in [1.165, 1.54) is 28.7 Å². The first-order valence-corrected chi connectivity index (χ1v) is 11.1. The molecule has 0 spiro atoms. The highest BCUT2D eigenvalue weighted by atomic mass is 32.2. The molecule has 160 valence electrons. The predicted molar refractivity (Wildman–Crippen MR) is 112 cm³/mol. The Balaban J connectivity index is 1.72. The molecule has 0 bridgehead atoms. The van der Waals surface area contributed by atoms with Crippen molar-refractivity contribution >= 4 is 15.9 Å². The third-order valence-electron chi connectivity index (χ3n) is 5.12. The van der Waals surface area contributed by atoms with E-state index in [4.69, 9.17) is 4.74 Å². The average molecular weight is 431 g/mol. The van der Waals surface area contributed by atoms with Crippen molar-refractivity contribution in [2.75, 3.05) is 13.1 Å². The van der Waals surface area contributed by atoms with Gasteiger partial charge in [0.15, 0.2) is 0 Å². The number of ether oxygens (including phenoxy) is 1. The van der Waals surface area contributed by atoms with Crippen molar-refractivity contribution in [1.29, 1.82) is 0 Å². The number of sulfonamides is 1. The Morgan fingerprint density at radius 2 is 1.83 bits per heavy atom. The molecule has 1 amide bonds. The highest BCUT2D eigenvalue weighted by molar-refractivity contribution is 7.89. The number of piperidine rings is 1. The Labute approximate surface area is 177 Å². The minimum absolute atomic E-state index is 0.0325. The smallest absolute Gasteiger partial charge is 0.243 e. The first-order chi connectivity index (χ1) is 14.2. The van der Waals surface area contributed by atoms with Crippen LogP contribution in [0, 0.1) is 18.8 Å². The predicted octanol–water partition coefficient (Wildman–Crippen LogP) is 2.52. The lowest BCUT2D eigenvalue weighted by atomic mass is 9.87. The number of hydrogen-bond acceptors (Lipinski definition) is 6. The number of aryl methyl sites for hydroxylation is 1. The molecule has 1 fully saturated rings. The van der Waals surface area contributed by atoms with Gasteiger partial charge in [-0.3, -0.25) is 9.78 Å². The van der Waals surface area contributed by atoms with Crippen molar-refractivity contribution in [3.05, 3.63) is 55.0 Å². The lowest BCUT2D eigenvalue weighted by Gasteiger charge is -2.40. The lowest BCUT2D eigenvalue weighted by molar-refractivity contribution is -0.118. The van der Waals surface area contributed by atoms with Gasteiger partial charge in [0.1, 0.15) is 5.75 Å². The van der Waals surface area contributed by atoms with Crippen molar-refractivity contribution < 1.29 is 17.9 Å². The molecular formula is C21H26N4O4S. The summed E-state index contributed by atoms with van der Waals surface area (Å²) in [5.74, 6) is 0.507. The van der Waals surface area contributed by atoms with Gasteiger partial charge in [-0.15, -0.1) is 0 Å². The van der Waals surface area contributed by atoms with Crippen molar-refractivity contribution in [1.82, 2.24) is 19.6 Å². The van der Waals surface area contributed by atoms with Crippen molar-refractivity contribution in [3.8, 4) is 11.6 Å². The van der Waals surface area contributed by atoms with Crippen molar-refractivity contribution in [2.24, 2.45) is 11.8 Å². The molecule has 2 heterocycles. The van der Waals surface area contributed by atoms with Crippen LogP contribution in [-0.4, -0.2) is 47.7 Å². The van der Waals surface area contributed by atoms with Crippen LogP contribution in [0.1, 0.15) is 19.5 Å². The molecule has 0 aliphatic carbocycles. The second-order valence-electron chi connectivity index (χ2n) is 7.59. The number of nitrogens with zero attached hydrogens (tertiary/aromatic N) is 3. The van der Waals surface area contributed by atoms with E-state index in [1.807, 2.05) is 20.8 Å². The lowest BCUT2D eigenvalue weighted by Crippen LogP contribution is -2.55. The normalized spacial score (nSPS) is 22.3. The van der Waals surface area contributed by atoms with Gasteiger partial charge >= 0.3 is 0 Å². The van der Waals surface area contributed by atoms with E-state index in [0.717, 1.165) is 5.69 Å². The number of hydrogen-bond donors (Lipinski definition) is 1. The Hall–Kier alpha value is -2.78. The monoisotopic (exact) mass is 430 g/mol. The maximum absolute atomic E-state index is 13.1. The van der Waals surface area contributed by atoms with E-state index in [9.17, 15) is 13.2 Å². The molecule has 0 saturated carbocycles. The summed E-state index contributed by atoms with van der Waals surface area (Å²) in [6.07, 6.45) is 4.35. The number of carbonyl (C=O) groups excluding carboxylic acids is 1. The Morgan fingerprint density at radius 3 is 2.40 bits per heavy atom. The summed E-state index contributed by atoms with van der Waals surface area (Å²) in [6, 6.07) is 6.14. The number of amides is 1.